The van der Waals surface area contributed by atoms with Crippen LogP contribution in [-0.2, 0) is 0 Å². The highest BCUT2D eigenvalue weighted by Crippen LogP contribution is 2.43. The summed E-state index contributed by atoms with van der Waals surface area (Å²) in [4.78, 5) is 0. The Balaban J connectivity index is 0.000000135. The molecule has 6 heteroatoms. The minimum absolute atomic E-state index is 0. The van der Waals surface area contributed by atoms with Gasteiger partial charge in [-0.05, 0) is 176 Å². The van der Waals surface area contributed by atoms with Gasteiger partial charge in [0.25, 0.3) is 0 Å². The zero-order valence-corrected chi connectivity index (χ0v) is 63.0. The molecule has 2 N–H and O–H groups in total. The third kappa shape index (κ3) is 15.8. The molecule has 0 aliphatic rings. The first kappa shape index (κ1) is 73.6. The number of hydrogen-bond donors (Lipinski definition) is 2. The quantitative estimate of drug-likeness (QED) is 0.107. The van der Waals surface area contributed by atoms with Crippen molar-refractivity contribution in [1.82, 2.24) is 0 Å². The average molecular weight is 1500 g/mol. The number of benzene rings is 18. The Hall–Kier alpha value is -14.2. The lowest BCUT2D eigenvalue weighted by molar-refractivity contribution is 0.425. The maximum atomic E-state index is 9.76. The van der Waals surface area contributed by atoms with Crippen molar-refractivity contribution in [2.75, 3.05) is 0 Å². The van der Waals surface area contributed by atoms with Gasteiger partial charge in [0.05, 0.1) is 0 Å². The van der Waals surface area contributed by atoms with E-state index >= 15 is 0 Å². The molecular formula is C109H78BClO4. The van der Waals surface area contributed by atoms with Crippen molar-refractivity contribution < 1.29 is 18.9 Å². The molecule has 2 aromatic heterocycles. The lowest BCUT2D eigenvalue weighted by atomic mass is 9.79. The third-order valence-corrected chi connectivity index (χ3v) is 21.6. The second-order valence-electron chi connectivity index (χ2n) is 28.5. The predicted octanol–water partition coefficient (Wildman–Crippen LogP) is 29.5. The van der Waals surface area contributed by atoms with E-state index in [0.29, 0.717) is 11.0 Å². The van der Waals surface area contributed by atoms with Gasteiger partial charge < -0.3 is 18.9 Å². The molecule has 0 bridgehead atoms. The van der Waals surface area contributed by atoms with Crippen LogP contribution in [0, 0.1) is 0 Å². The maximum Gasteiger partial charge on any atom is 0.492 e. The van der Waals surface area contributed by atoms with Gasteiger partial charge >= 0.3 is 7.12 Å². The number of furan rings is 2. The van der Waals surface area contributed by atoms with Gasteiger partial charge in [-0.15, -0.1) is 0 Å². The summed E-state index contributed by atoms with van der Waals surface area (Å²) < 4.78 is 13.0. The Morgan fingerprint density at radius 1 is 0.174 bits per heavy atom. The smallest absolute Gasteiger partial charge is 0.456 e. The number of halogens is 1. The van der Waals surface area contributed by atoms with E-state index in [1.165, 1.54) is 100 Å². The molecule has 0 atom stereocenters. The minimum Gasteiger partial charge on any atom is -0.456 e. The molecule has 4 nitrogen and oxygen atoms in total. The molecule has 2 heterocycles. The van der Waals surface area contributed by atoms with E-state index in [4.69, 9.17) is 20.4 Å². The lowest BCUT2D eigenvalue weighted by Crippen LogP contribution is -2.29. The lowest BCUT2D eigenvalue weighted by Gasteiger charge is -2.09. The van der Waals surface area contributed by atoms with E-state index in [2.05, 4.69) is 376 Å². The monoisotopic (exact) mass is 1500 g/mol. The van der Waals surface area contributed by atoms with Crippen LogP contribution < -0.4 is 5.46 Å². The van der Waals surface area contributed by atoms with Crippen LogP contribution in [0.2, 0.25) is 5.02 Å². The molecule has 0 aliphatic heterocycles. The van der Waals surface area contributed by atoms with Crippen LogP contribution in [0.1, 0.15) is 7.43 Å². The highest BCUT2D eigenvalue weighted by atomic mass is 35.5. The first-order valence-electron chi connectivity index (χ1n) is 38.4. The summed E-state index contributed by atoms with van der Waals surface area (Å²) in [7, 11) is -1.58. The maximum absolute atomic E-state index is 9.76. The molecular weight excluding hydrogens is 1420 g/mol. The van der Waals surface area contributed by atoms with Crippen LogP contribution in [-0.4, -0.2) is 17.2 Å². The highest BCUT2D eigenvalue weighted by Gasteiger charge is 2.22. The first-order valence-corrected chi connectivity index (χ1v) is 38.8. The Labute approximate surface area is 676 Å². The summed E-state index contributed by atoms with van der Waals surface area (Å²) in [5.41, 5.74) is 33.9. The van der Waals surface area contributed by atoms with Gasteiger partial charge in [-0.1, -0.05) is 407 Å². The summed E-state index contributed by atoms with van der Waals surface area (Å²) in [6.07, 6.45) is 0. The van der Waals surface area contributed by atoms with Gasteiger partial charge in [0.1, 0.15) is 22.3 Å². The average Bonchev–Trinajstić information content (AvgIpc) is 1.61. The summed E-state index contributed by atoms with van der Waals surface area (Å²) in [5.74, 6) is 0. The molecule has 20 rings (SSSR count). The van der Waals surface area contributed by atoms with Crippen LogP contribution in [0.4, 0.5) is 0 Å². The molecule has 0 amide bonds. The predicted molar refractivity (Wildman–Crippen MR) is 486 cm³/mol. The molecule has 0 unspecified atom stereocenters. The fraction of sp³-hybridized carbons (Fsp3) is 0.00917. The van der Waals surface area contributed by atoms with E-state index in [0.717, 1.165) is 87.8 Å². The number of rotatable bonds is 14. The van der Waals surface area contributed by atoms with Gasteiger partial charge in [-0.2, -0.15) is 0 Å². The zero-order valence-electron chi connectivity index (χ0n) is 62.2. The molecule has 115 heavy (non-hydrogen) atoms. The molecule has 0 aliphatic carbocycles. The minimum atomic E-state index is -1.58. The summed E-state index contributed by atoms with van der Waals surface area (Å²) in [6.45, 7) is 0. The van der Waals surface area contributed by atoms with Gasteiger partial charge in [0.15, 0.2) is 0 Å². The second kappa shape index (κ2) is 33.4. The first-order chi connectivity index (χ1) is 56.2. The zero-order chi connectivity index (χ0) is 76.7. The van der Waals surface area contributed by atoms with E-state index in [1.54, 1.807) is 6.07 Å². The van der Waals surface area contributed by atoms with E-state index in [-0.39, 0.29) is 7.43 Å². The second-order valence-corrected chi connectivity index (χ2v) is 29.0. The van der Waals surface area contributed by atoms with Gasteiger partial charge in [0.2, 0.25) is 0 Å². The Bertz CT molecular complexity index is 6780. The molecule has 0 radical (unpaired) electrons. The van der Waals surface area contributed by atoms with Crippen molar-refractivity contribution in [3.05, 3.63) is 442 Å². The molecule has 0 fully saturated rings. The Morgan fingerprint density at radius 3 is 0.609 bits per heavy atom. The van der Waals surface area contributed by atoms with Crippen molar-refractivity contribution in [2.24, 2.45) is 0 Å². The molecule has 0 saturated heterocycles. The van der Waals surface area contributed by atoms with Crippen molar-refractivity contribution in [1.29, 1.82) is 0 Å². The molecule has 20 aromatic rings. The normalized spacial score (nSPS) is 11.0. The van der Waals surface area contributed by atoms with Crippen molar-refractivity contribution in [3.63, 3.8) is 0 Å². The topological polar surface area (TPSA) is 66.7 Å². The van der Waals surface area contributed by atoms with Crippen molar-refractivity contribution >= 4 is 68.1 Å². The summed E-state index contributed by atoms with van der Waals surface area (Å²) in [5, 5.41) is 24.4. The largest absolute Gasteiger partial charge is 0.492 e. The van der Waals surface area contributed by atoms with Gasteiger partial charge in [-0.25, -0.2) is 0 Å². The van der Waals surface area contributed by atoms with Crippen molar-refractivity contribution in [2.45, 2.75) is 7.43 Å². The fourth-order valence-corrected chi connectivity index (χ4v) is 15.6. The van der Waals surface area contributed by atoms with E-state index < -0.39 is 7.12 Å². The van der Waals surface area contributed by atoms with Crippen LogP contribution in [0.15, 0.2) is 446 Å². The molecule has 0 saturated carbocycles. The third-order valence-electron chi connectivity index (χ3n) is 21.4. The molecule has 548 valence electrons. The fourth-order valence-electron chi connectivity index (χ4n) is 15.5. The Morgan fingerprint density at radius 2 is 0.357 bits per heavy atom. The Kier molecular flexibility index (Phi) is 21.4. The highest BCUT2D eigenvalue weighted by molar-refractivity contribution is 6.61. The van der Waals surface area contributed by atoms with E-state index in [1.807, 2.05) is 54.6 Å². The SMILES string of the molecule is C.Clc1ccc(-c2cccc(-c3cccc(-c4ccccc4)c3)c2)cc1.OB(O)c1cccc2c1oc1c(-c3ccc(-c4cccc(-c5ccccc5)c4)cc3)cccc12.c1ccc(-c2cccc(-c3ccc(-c4cccc5c4oc4c(-c6ccc(-c7cccc(-c8cccc(-c9ccccc9)c8)c7)cc6)cccc45)cc3)c2)cc1. The van der Waals surface area contributed by atoms with Crippen molar-refractivity contribution in [3.8, 4) is 145 Å². The summed E-state index contributed by atoms with van der Waals surface area (Å²) in [6, 6.07) is 153. The number of fused-ring (bicyclic) bond motifs is 6. The number of hydrogen-bond acceptors (Lipinski definition) is 4. The van der Waals surface area contributed by atoms with Crippen LogP contribution >= 0.6 is 11.6 Å². The summed E-state index contributed by atoms with van der Waals surface area (Å²) >= 11 is 6.00. The van der Waals surface area contributed by atoms with Crippen LogP contribution in [0.5, 0.6) is 0 Å². The van der Waals surface area contributed by atoms with Crippen LogP contribution in [0.3, 0.4) is 0 Å². The standard InChI is InChI=1S/C54H36O.C30H21BO3.C24H17Cl.CH4/c1-3-12-37(13-4-1)43-16-7-18-45(34-43)39-26-30-41(31-27-39)49-22-10-24-51-52-25-11-23-50(54(52)55-53(49)51)42-32-28-40(29-33-42)46-19-9-21-48(36-46)47-20-8-17-44(35-47)38-14-5-2-6-15-38;32-31(33)28-14-6-13-27-26-12-5-11-25(29(26)34-30(27)28)22-17-15-21(16-18-22)24-10-4-9-23(19-24)20-7-2-1-3-8-20;25-24-14-12-19(13-15-24)21-9-5-11-23(17-21)22-10-4-8-20(16-22)18-6-2-1-3-7-18;/h1-36H;1-19,32-33H;1-17H;1H4. The van der Waals surface area contributed by atoms with E-state index in [9.17, 15) is 10.0 Å². The van der Waals surface area contributed by atoms with Gasteiger partial charge in [-0.3, -0.25) is 0 Å². The number of para-hydroxylation sites is 4. The molecule has 0 spiro atoms. The van der Waals surface area contributed by atoms with Crippen LogP contribution in [0.25, 0.3) is 189 Å². The van der Waals surface area contributed by atoms with Gasteiger partial charge in [0, 0.05) is 48.7 Å². The molecule has 18 aromatic carbocycles.